The van der Waals surface area contributed by atoms with Crippen molar-refractivity contribution in [2.45, 2.75) is 39.2 Å². The third kappa shape index (κ3) is 4.39. The highest BCUT2D eigenvalue weighted by Gasteiger charge is 2.17. The average molecular weight is 431 g/mol. The van der Waals surface area contributed by atoms with Crippen LogP contribution in [0.3, 0.4) is 0 Å². The maximum Gasteiger partial charge on any atom is 0.290 e. The lowest BCUT2D eigenvalue weighted by molar-refractivity contribution is -0.121. The molecule has 0 saturated heterocycles. The summed E-state index contributed by atoms with van der Waals surface area (Å²) in [4.78, 5) is 41.2. The van der Waals surface area contributed by atoms with Gasteiger partial charge in [0.25, 0.3) is 11.5 Å². The van der Waals surface area contributed by atoms with Crippen LogP contribution < -0.4 is 16.4 Å². The summed E-state index contributed by atoms with van der Waals surface area (Å²) in [5, 5.41) is 6.14. The number of nitrogens with one attached hydrogen (secondary N) is 3. The molecule has 0 aliphatic heterocycles. The highest BCUT2D eigenvalue weighted by Crippen LogP contribution is 2.18. The standard InChI is InChI=1S/C24H25N5O3/c1-2-3-8-13-29-24(32)19-11-5-4-10-18(19)22(28-29)23(31)27-26-21(30)14-16-15-25-20-12-7-6-9-17(16)20/h4-7,9-12,15,25H,2-3,8,13-14H2,1H3,(H,26,30)(H,27,31). The van der Waals surface area contributed by atoms with Gasteiger partial charge in [-0.3, -0.25) is 25.2 Å². The predicted octanol–water partition coefficient (Wildman–Crippen LogP) is 3.07. The van der Waals surface area contributed by atoms with Gasteiger partial charge in [0.15, 0.2) is 5.69 Å². The zero-order valence-electron chi connectivity index (χ0n) is 17.9. The van der Waals surface area contributed by atoms with Gasteiger partial charge in [0.2, 0.25) is 5.91 Å². The number of amides is 2. The molecule has 0 bridgehead atoms. The molecule has 0 aliphatic carbocycles. The summed E-state index contributed by atoms with van der Waals surface area (Å²) in [6, 6.07) is 14.6. The molecule has 8 heteroatoms. The van der Waals surface area contributed by atoms with Crippen LogP contribution in [0.4, 0.5) is 0 Å². The lowest BCUT2D eigenvalue weighted by atomic mass is 10.1. The van der Waals surface area contributed by atoms with E-state index in [2.05, 4.69) is 27.9 Å². The van der Waals surface area contributed by atoms with Gasteiger partial charge in [0.05, 0.1) is 11.8 Å². The maximum absolute atomic E-state index is 12.9. The number of aromatic amines is 1. The average Bonchev–Trinajstić information content (AvgIpc) is 3.22. The van der Waals surface area contributed by atoms with E-state index >= 15 is 0 Å². The van der Waals surface area contributed by atoms with Gasteiger partial charge >= 0.3 is 0 Å². The van der Waals surface area contributed by atoms with Crippen molar-refractivity contribution in [1.82, 2.24) is 25.6 Å². The number of unbranched alkanes of at least 4 members (excludes halogenated alkanes) is 2. The fourth-order valence-electron chi connectivity index (χ4n) is 3.75. The first-order chi connectivity index (χ1) is 15.6. The summed E-state index contributed by atoms with van der Waals surface area (Å²) in [6.45, 7) is 2.51. The van der Waals surface area contributed by atoms with Crippen LogP contribution in [0.5, 0.6) is 0 Å². The molecule has 164 valence electrons. The second-order valence-corrected chi connectivity index (χ2v) is 7.67. The molecule has 0 unspecified atom stereocenters. The number of hydrogen-bond acceptors (Lipinski definition) is 4. The number of carbonyl (C=O) groups is 2. The van der Waals surface area contributed by atoms with Crippen LogP contribution in [-0.4, -0.2) is 26.6 Å². The molecule has 0 spiro atoms. The van der Waals surface area contributed by atoms with Crippen molar-refractivity contribution >= 4 is 33.5 Å². The monoisotopic (exact) mass is 431 g/mol. The summed E-state index contributed by atoms with van der Waals surface area (Å²) in [6.07, 6.45) is 4.66. The van der Waals surface area contributed by atoms with Crippen LogP contribution in [0.2, 0.25) is 0 Å². The summed E-state index contributed by atoms with van der Waals surface area (Å²) >= 11 is 0. The molecule has 0 fully saturated rings. The van der Waals surface area contributed by atoms with Crippen molar-refractivity contribution in [2.75, 3.05) is 0 Å². The number of hydrazine groups is 1. The Balaban J connectivity index is 1.51. The summed E-state index contributed by atoms with van der Waals surface area (Å²) in [5.41, 5.74) is 6.55. The fourth-order valence-corrected chi connectivity index (χ4v) is 3.75. The summed E-state index contributed by atoms with van der Waals surface area (Å²) in [7, 11) is 0. The quantitative estimate of drug-likeness (QED) is 0.309. The van der Waals surface area contributed by atoms with Gasteiger partial charge in [0.1, 0.15) is 0 Å². The molecule has 4 aromatic rings. The Morgan fingerprint density at radius 1 is 0.969 bits per heavy atom. The Morgan fingerprint density at radius 2 is 1.69 bits per heavy atom. The number of nitrogens with zero attached hydrogens (tertiary/aromatic N) is 2. The predicted molar refractivity (Wildman–Crippen MR) is 123 cm³/mol. The zero-order valence-corrected chi connectivity index (χ0v) is 17.9. The maximum atomic E-state index is 12.9. The van der Waals surface area contributed by atoms with E-state index in [0.29, 0.717) is 17.3 Å². The van der Waals surface area contributed by atoms with Crippen molar-refractivity contribution < 1.29 is 9.59 Å². The third-order valence-electron chi connectivity index (χ3n) is 5.40. The molecule has 2 heterocycles. The molecule has 32 heavy (non-hydrogen) atoms. The van der Waals surface area contributed by atoms with Crippen LogP contribution in [-0.2, 0) is 17.8 Å². The molecule has 0 saturated carbocycles. The molecule has 2 aromatic heterocycles. The first kappa shape index (κ1) is 21.3. The number of para-hydroxylation sites is 1. The largest absolute Gasteiger partial charge is 0.361 e. The minimum atomic E-state index is -0.572. The number of benzene rings is 2. The second-order valence-electron chi connectivity index (χ2n) is 7.67. The van der Waals surface area contributed by atoms with Crippen molar-refractivity contribution in [2.24, 2.45) is 0 Å². The summed E-state index contributed by atoms with van der Waals surface area (Å²) < 4.78 is 1.33. The Kier molecular flexibility index (Phi) is 6.30. The molecule has 0 radical (unpaired) electrons. The lowest BCUT2D eigenvalue weighted by Gasteiger charge is -2.12. The van der Waals surface area contributed by atoms with E-state index in [4.69, 9.17) is 0 Å². The Morgan fingerprint density at radius 3 is 2.47 bits per heavy atom. The Labute approximate surface area is 184 Å². The number of fused-ring (bicyclic) bond motifs is 2. The zero-order chi connectivity index (χ0) is 22.5. The lowest BCUT2D eigenvalue weighted by Crippen LogP contribution is -2.43. The van der Waals surface area contributed by atoms with E-state index in [1.165, 1.54) is 4.68 Å². The first-order valence-electron chi connectivity index (χ1n) is 10.7. The third-order valence-corrected chi connectivity index (χ3v) is 5.40. The van der Waals surface area contributed by atoms with E-state index in [1.54, 1.807) is 30.5 Å². The van der Waals surface area contributed by atoms with Crippen LogP contribution in [0, 0.1) is 0 Å². The highest BCUT2D eigenvalue weighted by atomic mass is 16.2. The van der Waals surface area contributed by atoms with Gasteiger partial charge in [-0.2, -0.15) is 5.10 Å². The molecule has 2 aromatic carbocycles. The van der Waals surface area contributed by atoms with E-state index in [-0.39, 0.29) is 23.6 Å². The molecular weight excluding hydrogens is 406 g/mol. The van der Waals surface area contributed by atoms with Gasteiger partial charge in [-0.15, -0.1) is 0 Å². The Hall–Kier alpha value is -3.94. The Bertz CT molecular complexity index is 1340. The topological polar surface area (TPSA) is 109 Å². The fraction of sp³-hybridized carbons (Fsp3) is 0.250. The molecule has 8 nitrogen and oxygen atoms in total. The minimum Gasteiger partial charge on any atom is -0.361 e. The highest BCUT2D eigenvalue weighted by molar-refractivity contribution is 6.05. The van der Waals surface area contributed by atoms with Gasteiger partial charge in [-0.25, -0.2) is 4.68 Å². The molecule has 0 atom stereocenters. The van der Waals surface area contributed by atoms with Gasteiger partial charge in [0, 0.05) is 29.0 Å². The van der Waals surface area contributed by atoms with E-state index in [9.17, 15) is 14.4 Å². The summed E-state index contributed by atoms with van der Waals surface area (Å²) in [5.74, 6) is -0.929. The van der Waals surface area contributed by atoms with Gasteiger partial charge in [-0.05, 0) is 24.1 Å². The van der Waals surface area contributed by atoms with E-state index < -0.39 is 5.91 Å². The number of carbonyl (C=O) groups excluding carboxylic acids is 2. The van der Waals surface area contributed by atoms with Gasteiger partial charge < -0.3 is 4.98 Å². The van der Waals surface area contributed by atoms with Crippen molar-refractivity contribution in [3.05, 3.63) is 76.3 Å². The molecule has 3 N–H and O–H groups in total. The molecule has 4 rings (SSSR count). The van der Waals surface area contributed by atoms with Crippen molar-refractivity contribution in [1.29, 1.82) is 0 Å². The number of H-pyrrole nitrogens is 1. The van der Waals surface area contributed by atoms with Crippen LogP contribution in [0.25, 0.3) is 21.7 Å². The van der Waals surface area contributed by atoms with Crippen LogP contribution >= 0.6 is 0 Å². The number of rotatable bonds is 7. The first-order valence-corrected chi connectivity index (χ1v) is 10.7. The molecular formula is C24H25N5O3. The smallest absolute Gasteiger partial charge is 0.290 e. The number of hydrogen-bond donors (Lipinski definition) is 3. The normalized spacial score (nSPS) is 11.0. The number of aryl methyl sites for hydroxylation is 1. The number of aromatic nitrogens is 3. The van der Waals surface area contributed by atoms with Crippen molar-refractivity contribution in [3.63, 3.8) is 0 Å². The van der Waals surface area contributed by atoms with E-state index in [0.717, 1.165) is 35.7 Å². The molecule has 0 aliphatic rings. The minimum absolute atomic E-state index is 0.101. The van der Waals surface area contributed by atoms with E-state index in [1.807, 2.05) is 24.3 Å². The van der Waals surface area contributed by atoms with Crippen molar-refractivity contribution in [3.8, 4) is 0 Å². The van der Waals surface area contributed by atoms with Crippen LogP contribution in [0.1, 0.15) is 42.2 Å². The second kappa shape index (κ2) is 9.47. The van der Waals surface area contributed by atoms with Crippen LogP contribution in [0.15, 0.2) is 59.5 Å². The van der Waals surface area contributed by atoms with Gasteiger partial charge in [-0.1, -0.05) is 56.2 Å². The SMILES string of the molecule is CCCCCn1nc(C(=O)NNC(=O)Cc2c[nH]c3ccccc23)c2ccccc2c1=O. The molecule has 2 amide bonds.